The Balaban J connectivity index is 1.06. The first-order chi connectivity index (χ1) is 42.5. The summed E-state index contributed by atoms with van der Waals surface area (Å²) in [6.45, 7) is 4.26. The van der Waals surface area contributed by atoms with Gasteiger partial charge in [-0.2, -0.15) is 0 Å². The largest absolute Gasteiger partial charge is 0.454 e. The van der Waals surface area contributed by atoms with E-state index < -0.39 is 0 Å². The van der Waals surface area contributed by atoms with Crippen molar-refractivity contribution in [3.8, 4) is 0 Å². The molecule has 0 saturated carbocycles. The highest BCUT2D eigenvalue weighted by Crippen LogP contribution is 2.54. The molecule has 0 radical (unpaired) electrons. The van der Waals surface area contributed by atoms with Crippen LogP contribution in [-0.4, -0.2) is 0 Å². The van der Waals surface area contributed by atoms with E-state index in [1.807, 2.05) is 0 Å². The Morgan fingerprint density at radius 1 is 0.221 bits per heavy atom. The molecular weight excluding hydrogens is 1050 g/mol. The van der Waals surface area contributed by atoms with E-state index in [4.69, 9.17) is 8.83 Å². The van der Waals surface area contributed by atoms with Gasteiger partial charge in [0.2, 0.25) is 0 Å². The van der Waals surface area contributed by atoms with Crippen molar-refractivity contribution in [1.29, 1.82) is 0 Å². The number of nitrogens with zero attached hydrogens (tertiary/aromatic N) is 4. The summed E-state index contributed by atoms with van der Waals surface area (Å²) >= 11 is 0. The number of aryl methyl sites for hydroxylation is 2. The van der Waals surface area contributed by atoms with E-state index >= 15 is 0 Å². The first-order valence-corrected chi connectivity index (χ1v) is 29.3. The molecule has 14 aromatic carbocycles. The van der Waals surface area contributed by atoms with E-state index in [9.17, 15) is 0 Å². The van der Waals surface area contributed by atoms with Gasteiger partial charge in [0, 0.05) is 89.9 Å². The average Bonchev–Trinajstić information content (AvgIpc) is 1.52. The third-order valence-electron chi connectivity index (χ3n) is 16.9. The van der Waals surface area contributed by atoms with Crippen molar-refractivity contribution in [2.45, 2.75) is 13.8 Å². The SMILES string of the molecule is Cc1ccc(N(c2ccccc2)c2ccc3c(c2)oc2c(N(c4ccccc4)c4cccc5ccccc45)cc4c(cc(N(c5ccccc5)c5cccc6ccccc56)c5oc6cc(N(c7ccccc7)c7ccc(C)cc7)ccc6c54)c23)cc1. The summed E-state index contributed by atoms with van der Waals surface area (Å²) in [5.41, 5.74) is 17.5. The van der Waals surface area contributed by atoms with Crippen LogP contribution in [0.2, 0.25) is 0 Å². The third kappa shape index (κ3) is 8.57. The molecule has 0 spiro atoms. The van der Waals surface area contributed by atoms with Crippen LogP contribution in [0, 0.1) is 13.8 Å². The summed E-state index contributed by atoms with van der Waals surface area (Å²) in [6, 6.07) is 109. The van der Waals surface area contributed by atoms with E-state index in [1.165, 1.54) is 11.1 Å². The maximum Gasteiger partial charge on any atom is 0.160 e. The van der Waals surface area contributed by atoms with Crippen molar-refractivity contribution in [1.82, 2.24) is 0 Å². The molecule has 0 saturated heterocycles. The van der Waals surface area contributed by atoms with E-state index in [0.717, 1.165) is 144 Å². The van der Waals surface area contributed by atoms with Crippen LogP contribution < -0.4 is 19.6 Å². The van der Waals surface area contributed by atoms with Gasteiger partial charge < -0.3 is 28.4 Å². The zero-order chi connectivity index (χ0) is 57.2. The van der Waals surface area contributed by atoms with Gasteiger partial charge in [-0.3, -0.25) is 0 Å². The van der Waals surface area contributed by atoms with Crippen LogP contribution in [0.15, 0.2) is 312 Å². The van der Waals surface area contributed by atoms with E-state index in [1.54, 1.807) is 0 Å². The van der Waals surface area contributed by atoms with E-state index in [-0.39, 0.29) is 0 Å². The van der Waals surface area contributed by atoms with Crippen LogP contribution in [0.5, 0.6) is 0 Å². The molecule has 2 heterocycles. The van der Waals surface area contributed by atoms with Crippen molar-refractivity contribution >= 4 is 144 Å². The van der Waals surface area contributed by atoms with Crippen LogP contribution in [0.4, 0.5) is 68.2 Å². The maximum atomic E-state index is 7.64. The lowest BCUT2D eigenvalue weighted by Crippen LogP contribution is -2.12. The highest BCUT2D eigenvalue weighted by atomic mass is 16.3. The number of anilines is 12. The molecular formula is C80H56N4O2. The van der Waals surface area contributed by atoms with Gasteiger partial charge >= 0.3 is 0 Å². The quantitative estimate of drug-likeness (QED) is 0.121. The molecule has 16 aromatic rings. The normalized spacial score (nSPS) is 11.6. The fourth-order valence-corrected chi connectivity index (χ4v) is 12.9. The minimum Gasteiger partial charge on any atom is -0.454 e. The minimum atomic E-state index is 0.761. The molecule has 0 unspecified atom stereocenters. The smallest absolute Gasteiger partial charge is 0.160 e. The average molecular weight is 1110 g/mol. The summed E-state index contributed by atoms with van der Waals surface area (Å²) in [5, 5.41) is 10.6. The number of fused-ring (bicyclic) bond motifs is 11. The lowest BCUT2D eigenvalue weighted by Gasteiger charge is -2.29. The van der Waals surface area contributed by atoms with Crippen molar-refractivity contribution in [3.63, 3.8) is 0 Å². The first-order valence-electron chi connectivity index (χ1n) is 29.3. The Morgan fingerprint density at radius 2 is 0.535 bits per heavy atom. The molecule has 0 amide bonds. The zero-order valence-electron chi connectivity index (χ0n) is 47.5. The van der Waals surface area contributed by atoms with Crippen LogP contribution >= 0.6 is 0 Å². The molecule has 6 heteroatoms. The standard InChI is InChI=1S/C80H56N4O2/c1-53-37-41-61(42-38-53)81(57-25-7-3-8-26-57)63-45-47-67-75(49-63)85-79-73(83(59-29-11-5-12-30-59)71-35-19-23-55-21-15-17-33-65(55)71)52-70-69(77(67)79)51-74(84(60-31-13-6-14-32-60)72-36-20-24-56-22-16-18-34-66(56)72)80-78(70)68-48-46-64(50-76(68)86-80)82(58-27-9-4-10-28-58)62-43-39-54(2)40-44-62/h3-52H,1-2H3. The van der Waals surface area contributed by atoms with Crippen molar-refractivity contribution in [2.24, 2.45) is 0 Å². The van der Waals surface area contributed by atoms with Gasteiger partial charge in [0.15, 0.2) is 11.2 Å². The van der Waals surface area contributed by atoms with Crippen molar-refractivity contribution in [2.75, 3.05) is 19.6 Å². The lowest BCUT2D eigenvalue weighted by molar-refractivity contribution is 0.668. The van der Waals surface area contributed by atoms with Gasteiger partial charge in [-0.25, -0.2) is 0 Å². The topological polar surface area (TPSA) is 39.2 Å². The highest BCUT2D eigenvalue weighted by molar-refractivity contribution is 6.33. The summed E-state index contributed by atoms with van der Waals surface area (Å²) in [7, 11) is 0. The maximum absolute atomic E-state index is 7.64. The molecule has 0 aliphatic rings. The third-order valence-corrected chi connectivity index (χ3v) is 16.9. The minimum absolute atomic E-state index is 0.761. The molecule has 0 fully saturated rings. The Bertz CT molecular complexity index is 4860. The van der Waals surface area contributed by atoms with Crippen molar-refractivity contribution in [3.05, 3.63) is 314 Å². The summed E-state index contributed by atoms with van der Waals surface area (Å²) in [6.07, 6.45) is 0. The van der Waals surface area contributed by atoms with Gasteiger partial charge in [0.05, 0.1) is 22.7 Å². The number of furan rings is 2. The molecule has 0 N–H and O–H groups in total. The van der Waals surface area contributed by atoms with Crippen molar-refractivity contribution < 1.29 is 8.83 Å². The number of hydrogen-bond acceptors (Lipinski definition) is 6. The predicted molar refractivity (Wildman–Crippen MR) is 362 cm³/mol. The molecule has 0 bridgehead atoms. The van der Waals surface area contributed by atoms with E-state index in [0.29, 0.717) is 0 Å². The Kier molecular flexibility index (Phi) is 12.2. The van der Waals surface area contributed by atoms with Gasteiger partial charge in [-0.1, -0.05) is 181 Å². The molecule has 408 valence electrons. The molecule has 6 nitrogen and oxygen atoms in total. The molecule has 86 heavy (non-hydrogen) atoms. The van der Waals surface area contributed by atoms with Gasteiger partial charge in [0.1, 0.15) is 11.2 Å². The molecule has 16 rings (SSSR count). The number of para-hydroxylation sites is 4. The number of rotatable bonds is 12. The Morgan fingerprint density at radius 3 is 0.919 bits per heavy atom. The zero-order valence-corrected chi connectivity index (χ0v) is 47.5. The summed E-state index contributed by atoms with van der Waals surface area (Å²) < 4.78 is 15.3. The second-order valence-electron chi connectivity index (χ2n) is 22.2. The fourth-order valence-electron chi connectivity index (χ4n) is 12.9. The number of benzene rings is 14. The molecule has 0 aliphatic heterocycles. The van der Waals surface area contributed by atoms with E-state index in [2.05, 4.69) is 337 Å². The fraction of sp³-hybridized carbons (Fsp3) is 0.0250. The Hall–Kier alpha value is -11.3. The molecule has 0 atom stereocenters. The van der Waals surface area contributed by atoms with Gasteiger partial charge in [-0.05, 0) is 157 Å². The van der Waals surface area contributed by atoms with Crippen LogP contribution in [0.3, 0.4) is 0 Å². The lowest BCUT2D eigenvalue weighted by atomic mass is 9.95. The van der Waals surface area contributed by atoms with Crippen LogP contribution in [0.25, 0.3) is 76.2 Å². The number of hydrogen-bond donors (Lipinski definition) is 0. The highest BCUT2D eigenvalue weighted by Gasteiger charge is 2.30. The second-order valence-corrected chi connectivity index (χ2v) is 22.2. The Labute approximate surface area is 498 Å². The molecule has 2 aromatic heterocycles. The summed E-state index contributed by atoms with van der Waals surface area (Å²) in [5.74, 6) is 0. The second kappa shape index (κ2) is 20.8. The van der Waals surface area contributed by atoms with Gasteiger partial charge in [-0.15, -0.1) is 0 Å². The summed E-state index contributed by atoms with van der Waals surface area (Å²) in [4.78, 5) is 9.40. The predicted octanol–water partition coefficient (Wildman–Crippen LogP) is 23.4. The molecule has 0 aliphatic carbocycles. The monoisotopic (exact) mass is 1100 g/mol. The van der Waals surface area contributed by atoms with Gasteiger partial charge in [0.25, 0.3) is 0 Å². The van der Waals surface area contributed by atoms with Crippen LogP contribution in [-0.2, 0) is 0 Å². The first kappa shape index (κ1) is 50.4. The van der Waals surface area contributed by atoms with Crippen LogP contribution in [0.1, 0.15) is 11.1 Å².